The molecule has 104 valence electrons. The summed E-state index contributed by atoms with van der Waals surface area (Å²) < 4.78 is 13.8. The van der Waals surface area contributed by atoms with Crippen LogP contribution in [0.2, 0.25) is 0 Å². The van der Waals surface area contributed by atoms with Gasteiger partial charge >= 0.3 is 0 Å². The predicted octanol–water partition coefficient (Wildman–Crippen LogP) is 3.25. The van der Waals surface area contributed by atoms with E-state index in [1.54, 1.807) is 6.08 Å². The van der Waals surface area contributed by atoms with E-state index in [0.717, 1.165) is 37.2 Å². The highest BCUT2D eigenvalue weighted by atomic mass is 19.1. The maximum atomic E-state index is 13.8. The molecule has 0 bridgehead atoms. The van der Waals surface area contributed by atoms with Crippen LogP contribution in [0.25, 0.3) is 0 Å². The summed E-state index contributed by atoms with van der Waals surface area (Å²) in [4.78, 5) is 4.52. The first-order valence-electron chi connectivity index (χ1n) is 6.98. The number of nitrogens with zero attached hydrogens (tertiary/aromatic N) is 2. The Bertz CT molecular complexity index is 479. The Morgan fingerprint density at radius 3 is 2.74 bits per heavy atom. The maximum absolute atomic E-state index is 13.8. The van der Waals surface area contributed by atoms with Crippen LogP contribution < -0.4 is 0 Å². The molecular weight excluding hydrogens is 239 g/mol. The van der Waals surface area contributed by atoms with Crippen LogP contribution in [0.15, 0.2) is 40.6 Å². The summed E-state index contributed by atoms with van der Waals surface area (Å²) in [5, 5.41) is 0. The van der Waals surface area contributed by atoms with Crippen LogP contribution in [0.3, 0.4) is 0 Å². The van der Waals surface area contributed by atoms with Gasteiger partial charge in [-0.1, -0.05) is 18.7 Å². The fraction of sp³-hybridized carbons (Fsp3) is 0.562. The minimum absolute atomic E-state index is 0.263. The van der Waals surface area contributed by atoms with E-state index in [1.165, 1.54) is 5.57 Å². The minimum Gasteiger partial charge on any atom is -0.363 e. The number of likely N-dealkylation sites (tertiary alicyclic amines) is 1. The summed E-state index contributed by atoms with van der Waals surface area (Å²) in [7, 11) is 4.21. The van der Waals surface area contributed by atoms with E-state index in [9.17, 15) is 4.39 Å². The number of likely N-dealkylation sites (N-methyl/N-ethyl adjacent to an activating group) is 1. The van der Waals surface area contributed by atoms with Gasteiger partial charge in [-0.3, -0.25) is 0 Å². The van der Waals surface area contributed by atoms with Gasteiger partial charge in [0.25, 0.3) is 0 Å². The van der Waals surface area contributed by atoms with Crippen LogP contribution in [-0.2, 0) is 0 Å². The Kier molecular flexibility index (Phi) is 4.28. The van der Waals surface area contributed by atoms with E-state index in [0.29, 0.717) is 6.04 Å². The monoisotopic (exact) mass is 262 g/mol. The van der Waals surface area contributed by atoms with Crippen molar-refractivity contribution in [1.29, 1.82) is 0 Å². The Morgan fingerprint density at radius 2 is 2.16 bits per heavy atom. The summed E-state index contributed by atoms with van der Waals surface area (Å²) in [6.45, 7) is 5.99. The molecular formula is C16H23FN2. The van der Waals surface area contributed by atoms with Crippen LogP contribution in [0, 0.1) is 0 Å². The molecule has 0 amide bonds. The number of hydrogen-bond acceptors (Lipinski definition) is 2. The van der Waals surface area contributed by atoms with Gasteiger partial charge in [0.05, 0.1) is 5.70 Å². The minimum atomic E-state index is -0.263. The van der Waals surface area contributed by atoms with Gasteiger partial charge in [0, 0.05) is 19.1 Å². The van der Waals surface area contributed by atoms with Gasteiger partial charge in [0.2, 0.25) is 0 Å². The lowest BCUT2D eigenvalue weighted by molar-refractivity contribution is 0.291. The van der Waals surface area contributed by atoms with E-state index in [2.05, 4.69) is 42.6 Å². The van der Waals surface area contributed by atoms with Crippen molar-refractivity contribution in [2.75, 3.05) is 27.2 Å². The summed E-state index contributed by atoms with van der Waals surface area (Å²) in [6.07, 6.45) is 5.67. The molecule has 1 aliphatic carbocycles. The summed E-state index contributed by atoms with van der Waals surface area (Å²) in [5.74, 6) is -0.263. The lowest BCUT2D eigenvalue weighted by Gasteiger charge is -2.24. The zero-order valence-corrected chi connectivity index (χ0v) is 12.3. The SMILES string of the molecule is CCC1=CC(C)=CC(F)=C=C1N1CCC(N(C)C)C1. The molecule has 0 aromatic carbocycles. The van der Waals surface area contributed by atoms with Gasteiger partial charge in [-0.05, 0) is 51.1 Å². The van der Waals surface area contributed by atoms with Crippen LogP contribution in [0.1, 0.15) is 26.7 Å². The molecule has 0 radical (unpaired) electrons. The first-order chi connectivity index (χ1) is 9.01. The third kappa shape index (κ3) is 3.17. The molecule has 0 saturated carbocycles. The van der Waals surface area contributed by atoms with Crippen molar-refractivity contribution in [3.05, 3.63) is 40.6 Å². The highest BCUT2D eigenvalue weighted by molar-refractivity contribution is 5.41. The Labute approximate surface area is 115 Å². The van der Waals surface area contributed by atoms with Gasteiger partial charge in [0.15, 0.2) is 5.83 Å². The van der Waals surface area contributed by atoms with Crippen molar-refractivity contribution in [3.63, 3.8) is 0 Å². The average Bonchev–Trinajstić information content (AvgIpc) is 2.77. The highest BCUT2D eigenvalue weighted by Crippen LogP contribution is 2.27. The molecule has 3 heteroatoms. The normalized spacial score (nSPS) is 23.9. The van der Waals surface area contributed by atoms with Crippen molar-refractivity contribution >= 4 is 0 Å². The quantitative estimate of drug-likeness (QED) is 0.720. The smallest absolute Gasteiger partial charge is 0.167 e. The molecule has 1 aliphatic heterocycles. The van der Waals surface area contributed by atoms with E-state index in [4.69, 9.17) is 0 Å². The van der Waals surface area contributed by atoms with Crippen molar-refractivity contribution in [2.24, 2.45) is 0 Å². The third-order valence-electron chi connectivity index (χ3n) is 3.89. The first kappa shape index (κ1) is 14.1. The second-order valence-electron chi connectivity index (χ2n) is 5.59. The molecule has 2 rings (SSSR count). The summed E-state index contributed by atoms with van der Waals surface area (Å²) in [5.41, 5.74) is 6.02. The van der Waals surface area contributed by atoms with Crippen LogP contribution in [0.4, 0.5) is 4.39 Å². The van der Waals surface area contributed by atoms with Gasteiger partial charge < -0.3 is 9.80 Å². The van der Waals surface area contributed by atoms with E-state index >= 15 is 0 Å². The number of halogens is 1. The van der Waals surface area contributed by atoms with Gasteiger partial charge in [-0.2, -0.15) is 4.39 Å². The summed E-state index contributed by atoms with van der Waals surface area (Å²) >= 11 is 0. The number of rotatable bonds is 3. The van der Waals surface area contributed by atoms with E-state index < -0.39 is 0 Å². The van der Waals surface area contributed by atoms with Crippen molar-refractivity contribution in [1.82, 2.24) is 9.80 Å². The highest BCUT2D eigenvalue weighted by Gasteiger charge is 2.27. The molecule has 2 aliphatic rings. The van der Waals surface area contributed by atoms with Crippen LogP contribution in [-0.4, -0.2) is 43.0 Å². The molecule has 0 N–H and O–H groups in total. The zero-order valence-electron chi connectivity index (χ0n) is 12.3. The lowest BCUT2D eigenvalue weighted by atomic mass is 10.1. The largest absolute Gasteiger partial charge is 0.363 e. The molecule has 0 spiro atoms. The van der Waals surface area contributed by atoms with Crippen molar-refractivity contribution in [2.45, 2.75) is 32.7 Å². The summed E-state index contributed by atoms with van der Waals surface area (Å²) in [6, 6.07) is 0.549. The van der Waals surface area contributed by atoms with Crippen molar-refractivity contribution in [3.8, 4) is 0 Å². The average molecular weight is 262 g/mol. The Hall–Kier alpha value is -1.31. The van der Waals surface area contributed by atoms with Gasteiger partial charge in [-0.15, -0.1) is 0 Å². The third-order valence-corrected chi connectivity index (χ3v) is 3.89. The number of hydrogen-bond donors (Lipinski definition) is 0. The molecule has 0 aromatic heterocycles. The topological polar surface area (TPSA) is 6.48 Å². The molecule has 1 saturated heterocycles. The molecule has 0 aromatic rings. The molecule has 1 fully saturated rings. The number of allylic oxidation sites excluding steroid dienone is 4. The molecule has 1 unspecified atom stereocenters. The lowest BCUT2D eigenvalue weighted by Crippen LogP contribution is -2.31. The first-order valence-corrected chi connectivity index (χ1v) is 6.98. The van der Waals surface area contributed by atoms with E-state index in [-0.39, 0.29) is 5.83 Å². The van der Waals surface area contributed by atoms with Gasteiger partial charge in [0.1, 0.15) is 0 Å². The second kappa shape index (κ2) is 5.77. The zero-order chi connectivity index (χ0) is 14.0. The standard InChI is InChI=1S/C16H23FN2/c1-5-13-8-12(2)9-14(17)10-16(13)19-7-6-15(11-19)18(3)4/h8-9,15H,5-7,11H2,1-4H3. The van der Waals surface area contributed by atoms with Crippen molar-refractivity contribution < 1.29 is 4.39 Å². The Balaban J connectivity index is 2.29. The van der Waals surface area contributed by atoms with Crippen LogP contribution in [0.5, 0.6) is 0 Å². The molecule has 1 heterocycles. The molecule has 19 heavy (non-hydrogen) atoms. The second-order valence-corrected chi connectivity index (χ2v) is 5.59. The predicted molar refractivity (Wildman–Crippen MR) is 77.4 cm³/mol. The van der Waals surface area contributed by atoms with E-state index in [1.807, 2.05) is 6.92 Å². The molecule has 2 nitrogen and oxygen atoms in total. The Morgan fingerprint density at radius 1 is 1.42 bits per heavy atom. The van der Waals surface area contributed by atoms with Crippen LogP contribution >= 0.6 is 0 Å². The fourth-order valence-corrected chi connectivity index (χ4v) is 2.73. The fourth-order valence-electron chi connectivity index (χ4n) is 2.73. The van der Waals surface area contributed by atoms with Gasteiger partial charge in [-0.25, -0.2) is 0 Å². The maximum Gasteiger partial charge on any atom is 0.167 e. The molecule has 1 atom stereocenters.